The Hall–Kier alpha value is -0.330. The van der Waals surface area contributed by atoms with Gasteiger partial charge in [-0.25, -0.2) is 0 Å². The van der Waals surface area contributed by atoms with Crippen LogP contribution < -0.4 is 5.32 Å². The largest absolute Gasteiger partial charge is 0.391 e. The Kier molecular flexibility index (Phi) is 5.88. The smallest absolute Gasteiger partial charge is 0.390 e. The van der Waals surface area contributed by atoms with Crippen molar-refractivity contribution >= 4 is 0 Å². The molecule has 1 aliphatic carbocycles. The fourth-order valence-electron chi connectivity index (χ4n) is 2.41. The minimum Gasteiger partial charge on any atom is -0.390 e. The summed E-state index contributed by atoms with van der Waals surface area (Å²) >= 11 is 0. The number of hydrogen-bond acceptors (Lipinski definition) is 3. The molecule has 0 heterocycles. The first kappa shape index (κ1) is 15.7. The van der Waals surface area contributed by atoms with Crippen molar-refractivity contribution in [2.45, 2.75) is 44.0 Å². The Balaban J connectivity index is 2.20. The summed E-state index contributed by atoms with van der Waals surface area (Å²) in [6, 6.07) is 0.111. The SMILES string of the molecule is CN(C)CC(O)CNC1CCC(C(F)(F)F)CC1. The number of alkyl halides is 3. The molecule has 0 bridgehead atoms. The van der Waals surface area contributed by atoms with Gasteiger partial charge in [-0.2, -0.15) is 13.2 Å². The summed E-state index contributed by atoms with van der Waals surface area (Å²) in [4.78, 5) is 1.88. The van der Waals surface area contributed by atoms with Crippen molar-refractivity contribution in [3.63, 3.8) is 0 Å². The van der Waals surface area contributed by atoms with Gasteiger partial charge in [0.05, 0.1) is 12.0 Å². The van der Waals surface area contributed by atoms with Crippen LogP contribution in [0.15, 0.2) is 0 Å². The molecule has 108 valence electrons. The van der Waals surface area contributed by atoms with E-state index < -0.39 is 18.2 Å². The van der Waals surface area contributed by atoms with Crippen LogP contribution in [0.4, 0.5) is 13.2 Å². The van der Waals surface area contributed by atoms with E-state index >= 15 is 0 Å². The summed E-state index contributed by atoms with van der Waals surface area (Å²) in [6.45, 7) is 1.00. The van der Waals surface area contributed by atoms with Crippen molar-refractivity contribution in [3.05, 3.63) is 0 Å². The molecule has 1 atom stereocenters. The third-order valence-corrected chi connectivity index (χ3v) is 3.41. The molecule has 6 heteroatoms. The summed E-state index contributed by atoms with van der Waals surface area (Å²) in [5, 5.41) is 12.8. The molecule has 0 aromatic carbocycles. The zero-order valence-electron chi connectivity index (χ0n) is 11.0. The Bertz CT molecular complexity index is 238. The van der Waals surface area contributed by atoms with Gasteiger partial charge in [-0.1, -0.05) is 0 Å². The molecular weight excluding hydrogens is 245 g/mol. The van der Waals surface area contributed by atoms with E-state index in [-0.39, 0.29) is 18.9 Å². The maximum Gasteiger partial charge on any atom is 0.391 e. The molecule has 0 radical (unpaired) electrons. The van der Waals surface area contributed by atoms with Gasteiger partial charge < -0.3 is 15.3 Å². The van der Waals surface area contributed by atoms with E-state index in [1.165, 1.54) is 0 Å². The lowest BCUT2D eigenvalue weighted by Crippen LogP contribution is -2.42. The van der Waals surface area contributed by atoms with Gasteiger partial charge >= 0.3 is 6.18 Å². The molecule has 0 aliphatic heterocycles. The number of nitrogens with zero attached hydrogens (tertiary/aromatic N) is 1. The first-order valence-corrected chi connectivity index (χ1v) is 6.42. The van der Waals surface area contributed by atoms with Crippen molar-refractivity contribution < 1.29 is 18.3 Å². The Morgan fingerprint density at radius 2 is 1.78 bits per heavy atom. The highest BCUT2D eigenvalue weighted by Gasteiger charge is 2.41. The molecule has 0 amide bonds. The van der Waals surface area contributed by atoms with E-state index in [2.05, 4.69) is 5.32 Å². The summed E-state index contributed by atoms with van der Waals surface area (Å²) in [7, 11) is 3.75. The molecule has 18 heavy (non-hydrogen) atoms. The maximum atomic E-state index is 12.5. The normalized spacial score (nSPS) is 27.5. The highest BCUT2D eigenvalue weighted by atomic mass is 19.4. The molecule has 0 spiro atoms. The molecule has 1 rings (SSSR count). The van der Waals surface area contributed by atoms with E-state index in [1.54, 1.807) is 0 Å². The average Bonchev–Trinajstić information content (AvgIpc) is 2.25. The first-order chi connectivity index (χ1) is 8.29. The van der Waals surface area contributed by atoms with Crippen molar-refractivity contribution in [3.8, 4) is 0 Å². The van der Waals surface area contributed by atoms with Crippen LogP contribution in [0.2, 0.25) is 0 Å². The van der Waals surface area contributed by atoms with Gasteiger partial charge in [-0.3, -0.25) is 0 Å². The molecule has 1 saturated carbocycles. The van der Waals surface area contributed by atoms with Crippen LogP contribution >= 0.6 is 0 Å². The predicted octanol–water partition coefficient (Wildman–Crippen LogP) is 1.62. The number of aliphatic hydroxyl groups is 1. The van der Waals surface area contributed by atoms with Gasteiger partial charge in [0.1, 0.15) is 0 Å². The van der Waals surface area contributed by atoms with Gasteiger partial charge in [0, 0.05) is 19.1 Å². The van der Waals surface area contributed by atoms with Crippen LogP contribution in [0, 0.1) is 5.92 Å². The molecule has 1 unspecified atom stereocenters. The minimum absolute atomic E-state index is 0.111. The highest BCUT2D eigenvalue weighted by Crippen LogP contribution is 2.37. The van der Waals surface area contributed by atoms with E-state index in [9.17, 15) is 18.3 Å². The first-order valence-electron chi connectivity index (χ1n) is 6.42. The van der Waals surface area contributed by atoms with Crippen LogP contribution in [0.25, 0.3) is 0 Å². The molecule has 3 nitrogen and oxygen atoms in total. The molecule has 1 fully saturated rings. The third kappa shape index (κ3) is 5.54. The van der Waals surface area contributed by atoms with Crippen LogP contribution in [0.3, 0.4) is 0 Å². The molecule has 0 aromatic rings. The van der Waals surface area contributed by atoms with Gasteiger partial charge in [-0.05, 0) is 39.8 Å². The molecular formula is C12H23F3N2O. The second kappa shape index (κ2) is 6.73. The number of hydrogen-bond donors (Lipinski definition) is 2. The lowest BCUT2D eigenvalue weighted by atomic mass is 9.85. The Morgan fingerprint density at radius 3 is 2.22 bits per heavy atom. The van der Waals surface area contributed by atoms with Gasteiger partial charge in [0.25, 0.3) is 0 Å². The Labute approximate surface area is 106 Å². The highest BCUT2D eigenvalue weighted by molar-refractivity contribution is 4.81. The van der Waals surface area contributed by atoms with Crippen molar-refractivity contribution in [1.29, 1.82) is 0 Å². The number of halogens is 3. The van der Waals surface area contributed by atoms with Crippen molar-refractivity contribution in [2.75, 3.05) is 27.2 Å². The number of likely N-dealkylation sites (N-methyl/N-ethyl adjacent to an activating group) is 1. The van der Waals surface area contributed by atoms with Gasteiger partial charge in [-0.15, -0.1) is 0 Å². The number of aliphatic hydroxyl groups excluding tert-OH is 1. The third-order valence-electron chi connectivity index (χ3n) is 3.41. The molecule has 1 aliphatic rings. The van der Waals surface area contributed by atoms with Crippen LogP contribution in [-0.4, -0.2) is 55.5 Å². The quantitative estimate of drug-likeness (QED) is 0.795. The standard InChI is InChI=1S/C12H23F3N2O/c1-17(2)8-11(18)7-16-10-5-3-9(4-6-10)12(13,14)15/h9-11,16,18H,3-8H2,1-2H3. The van der Waals surface area contributed by atoms with E-state index in [0.717, 1.165) is 0 Å². The molecule has 2 N–H and O–H groups in total. The van der Waals surface area contributed by atoms with Crippen LogP contribution in [0.5, 0.6) is 0 Å². The van der Waals surface area contributed by atoms with E-state index in [4.69, 9.17) is 0 Å². The summed E-state index contributed by atoms with van der Waals surface area (Å²) < 4.78 is 37.4. The molecule has 0 saturated heterocycles. The van der Waals surface area contributed by atoms with Crippen molar-refractivity contribution in [2.24, 2.45) is 5.92 Å². The number of rotatable bonds is 5. The zero-order valence-corrected chi connectivity index (χ0v) is 11.0. The summed E-state index contributed by atoms with van der Waals surface area (Å²) in [5.41, 5.74) is 0. The van der Waals surface area contributed by atoms with E-state index in [0.29, 0.717) is 25.9 Å². The lowest BCUT2D eigenvalue weighted by molar-refractivity contribution is -0.182. The number of nitrogens with one attached hydrogen (secondary N) is 1. The van der Waals surface area contributed by atoms with Crippen LogP contribution in [0.1, 0.15) is 25.7 Å². The fraction of sp³-hybridized carbons (Fsp3) is 1.00. The Morgan fingerprint density at radius 1 is 1.22 bits per heavy atom. The van der Waals surface area contributed by atoms with Gasteiger partial charge in [0.2, 0.25) is 0 Å². The minimum atomic E-state index is -4.05. The topological polar surface area (TPSA) is 35.5 Å². The maximum absolute atomic E-state index is 12.5. The van der Waals surface area contributed by atoms with Crippen LogP contribution in [-0.2, 0) is 0 Å². The zero-order chi connectivity index (χ0) is 13.8. The average molecular weight is 268 g/mol. The second-order valence-corrected chi connectivity index (χ2v) is 5.41. The van der Waals surface area contributed by atoms with Gasteiger partial charge in [0.15, 0.2) is 0 Å². The molecule has 0 aromatic heterocycles. The summed E-state index contributed by atoms with van der Waals surface area (Å²) in [5.74, 6) is -1.14. The lowest BCUT2D eigenvalue weighted by Gasteiger charge is -2.31. The second-order valence-electron chi connectivity index (χ2n) is 5.41. The van der Waals surface area contributed by atoms with Crippen molar-refractivity contribution in [1.82, 2.24) is 10.2 Å². The van der Waals surface area contributed by atoms with E-state index in [1.807, 2.05) is 19.0 Å². The fourth-order valence-corrected chi connectivity index (χ4v) is 2.41. The predicted molar refractivity (Wildman–Crippen MR) is 64.4 cm³/mol. The summed E-state index contributed by atoms with van der Waals surface area (Å²) in [6.07, 6.45) is -3.04. The monoisotopic (exact) mass is 268 g/mol.